The first-order chi connectivity index (χ1) is 11.1. The van der Waals surface area contributed by atoms with Gasteiger partial charge in [-0.25, -0.2) is 4.99 Å². The van der Waals surface area contributed by atoms with E-state index in [-0.39, 0.29) is 12.5 Å². The molecule has 1 unspecified atom stereocenters. The largest absolute Gasteiger partial charge is 0.379 e. The molecule has 1 amide bonds. The molecule has 1 atom stereocenters. The molecular weight excluding hydrogens is 294 g/mol. The number of likely N-dealkylation sites (tertiary alicyclic amines) is 1. The number of hydrogen-bond donors (Lipinski definition) is 1. The lowest BCUT2D eigenvalue weighted by Crippen LogP contribution is -2.47. The second kappa shape index (κ2) is 9.08. The molecule has 2 rings (SSSR count). The lowest BCUT2D eigenvalue weighted by molar-refractivity contribution is -0.127. The van der Waals surface area contributed by atoms with Crippen LogP contribution < -0.4 is 5.32 Å². The maximum Gasteiger partial charge on any atom is 0.243 e. The molecule has 2 aliphatic rings. The minimum atomic E-state index is 0.0322. The van der Waals surface area contributed by atoms with E-state index in [4.69, 9.17) is 4.74 Å². The number of ether oxygens (including phenoxy) is 1. The van der Waals surface area contributed by atoms with Crippen LogP contribution in [0.2, 0.25) is 0 Å². The Hall–Kier alpha value is -1.34. The first-order valence-electron chi connectivity index (χ1n) is 8.67. The van der Waals surface area contributed by atoms with E-state index >= 15 is 0 Å². The van der Waals surface area contributed by atoms with Gasteiger partial charge in [-0.05, 0) is 12.8 Å². The van der Waals surface area contributed by atoms with Crippen molar-refractivity contribution in [2.75, 3.05) is 66.6 Å². The van der Waals surface area contributed by atoms with Crippen LogP contribution in [0.1, 0.15) is 19.8 Å². The predicted octanol–water partition coefficient (Wildman–Crippen LogP) is -0.163. The van der Waals surface area contributed by atoms with E-state index in [2.05, 4.69) is 27.0 Å². The van der Waals surface area contributed by atoms with Crippen molar-refractivity contribution in [1.82, 2.24) is 20.0 Å². The van der Waals surface area contributed by atoms with E-state index in [0.717, 1.165) is 64.7 Å². The molecule has 7 heteroatoms. The molecule has 0 aromatic rings. The summed E-state index contributed by atoms with van der Waals surface area (Å²) in [5.74, 6) is 0.905. The fourth-order valence-corrected chi connectivity index (χ4v) is 2.96. The molecule has 23 heavy (non-hydrogen) atoms. The monoisotopic (exact) mass is 325 g/mol. The lowest BCUT2D eigenvalue weighted by Gasteiger charge is -2.32. The Labute approximate surface area is 139 Å². The van der Waals surface area contributed by atoms with Crippen molar-refractivity contribution in [3.05, 3.63) is 0 Å². The van der Waals surface area contributed by atoms with Crippen LogP contribution in [0.4, 0.5) is 0 Å². The van der Waals surface area contributed by atoms with E-state index in [1.54, 1.807) is 19.0 Å². The quantitative estimate of drug-likeness (QED) is 0.562. The minimum Gasteiger partial charge on any atom is -0.379 e. The fraction of sp³-hybridized carbons (Fsp3) is 0.875. The smallest absolute Gasteiger partial charge is 0.243 e. The molecule has 0 spiro atoms. The van der Waals surface area contributed by atoms with Crippen molar-refractivity contribution >= 4 is 11.9 Å². The molecule has 0 bridgehead atoms. The molecule has 0 radical (unpaired) electrons. The third-order valence-electron chi connectivity index (χ3n) is 4.42. The Balaban J connectivity index is 1.93. The number of rotatable bonds is 5. The number of carbonyl (C=O) groups is 1. The van der Waals surface area contributed by atoms with Crippen LogP contribution in [0, 0.1) is 0 Å². The standard InChI is InChI=1S/C16H31N5O2/c1-4-6-17-16(18-12-15(22)19(2)3)21-7-5-14(13-21)20-8-10-23-11-9-20/h14H,4-13H2,1-3H3,(H,17,18). The summed E-state index contributed by atoms with van der Waals surface area (Å²) < 4.78 is 5.44. The molecule has 132 valence electrons. The SMILES string of the molecule is CCCNC(=NCC(=O)N(C)C)N1CCC(N2CCOCC2)C1. The van der Waals surface area contributed by atoms with E-state index in [1.165, 1.54) is 0 Å². The van der Waals surface area contributed by atoms with Crippen LogP contribution in [0.5, 0.6) is 0 Å². The summed E-state index contributed by atoms with van der Waals surface area (Å²) >= 11 is 0. The second-order valence-corrected chi connectivity index (χ2v) is 6.39. The molecular formula is C16H31N5O2. The van der Waals surface area contributed by atoms with E-state index in [1.807, 2.05) is 0 Å². The van der Waals surface area contributed by atoms with Gasteiger partial charge < -0.3 is 19.9 Å². The van der Waals surface area contributed by atoms with Crippen LogP contribution in [-0.2, 0) is 9.53 Å². The van der Waals surface area contributed by atoms with Crippen molar-refractivity contribution in [2.24, 2.45) is 4.99 Å². The molecule has 0 aromatic carbocycles. The number of aliphatic imine (C=N–C) groups is 1. The molecule has 0 aliphatic carbocycles. The van der Waals surface area contributed by atoms with Crippen molar-refractivity contribution in [1.29, 1.82) is 0 Å². The van der Waals surface area contributed by atoms with Gasteiger partial charge in [-0.3, -0.25) is 9.69 Å². The number of likely N-dealkylation sites (N-methyl/N-ethyl adjacent to an activating group) is 1. The van der Waals surface area contributed by atoms with Gasteiger partial charge in [0.05, 0.1) is 13.2 Å². The molecule has 0 aromatic heterocycles. The van der Waals surface area contributed by atoms with Crippen LogP contribution in [-0.4, -0.2) is 99.2 Å². The summed E-state index contributed by atoms with van der Waals surface area (Å²) in [5.41, 5.74) is 0. The average Bonchev–Trinajstić information content (AvgIpc) is 3.05. The summed E-state index contributed by atoms with van der Waals surface area (Å²) in [6, 6.07) is 0.567. The van der Waals surface area contributed by atoms with Gasteiger partial charge in [0, 0.05) is 52.9 Å². The Morgan fingerprint density at radius 3 is 2.70 bits per heavy atom. The summed E-state index contributed by atoms with van der Waals surface area (Å²) in [6.45, 7) is 8.91. The summed E-state index contributed by atoms with van der Waals surface area (Å²) in [4.78, 5) is 22.7. The van der Waals surface area contributed by atoms with E-state index in [0.29, 0.717) is 6.04 Å². The lowest BCUT2D eigenvalue weighted by atomic mass is 10.2. The minimum absolute atomic E-state index is 0.0322. The normalized spacial score (nSPS) is 23.2. The maximum atomic E-state index is 11.8. The number of hydrogen-bond acceptors (Lipinski definition) is 4. The topological polar surface area (TPSA) is 60.4 Å². The van der Waals surface area contributed by atoms with Crippen LogP contribution >= 0.6 is 0 Å². The highest BCUT2D eigenvalue weighted by atomic mass is 16.5. The number of carbonyl (C=O) groups excluding carboxylic acids is 1. The van der Waals surface area contributed by atoms with E-state index in [9.17, 15) is 4.79 Å². The third kappa shape index (κ3) is 5.35. The van der Waals surface area contributed by atoms with Crippen molar-refractivity contribution in [3.8, 4) is 0 Å². The van der Waals surface area contributed by atoms with Crippen LogP contribution in [0.15, 0.2) is 4.99 Å². The van der Waals surface area contributed by atoms with Gasteiger partial charge in [0.15, 0.2) is 5.96 Å². The molecule has 2 fully saturated rings. The van der Waals surface area contributed by atoms with Crippen LogP contribution in [0.3, 0.4) is 0 Å². The molecule has 2 saturated heterocycles. The zero-order valence-corrected chi connectivity index (χ0v) is 14.8. The number of amides is 1. The highest BCUT2D eigenvalue weighted by Crippen LogP contribution is 2.17. The zero-order valence-electron chi connectivity index (χ0n) is 14.8. The Kier molecular flexibility index (Phi) is 7.11. The van der Waals surface area contributed by atoms with Gasteiger partial charge in [0.1, 0.15) is 6.54 Å². The van der Waals surface area contributed by atoms with Gasteiger partial charge >= 0.3 is 0 Å². The van der Waals surface area contributed by atoms with Gasteiger partial charge in [-0.2, -0.15) is 0 Å². The Bertz CT molecular complexity index is 407. The fourth-order valence-electron chi connectivity index (χ4n) is 2.96. The molecule has 2 aliphatic heterocycles. The number of nitrogens with zero attached hydrogens (tertiary/aromatic N) is 4. The summed E-state index contributed by atoms with van der Waals surface area (Å²) in [5, 5.41) is 3.39. The average molecular weight is 325 g/mol. The number of nitrogens with one attached hydrogen (secondary N) is 1. The predicted molar refractivity (Wildman–Crippen MR) is 91.7 cm³/mol. The van der Waals surface area contributed by atoms with Gasteiger partial charge in [-0.1, -0.05) is 6.92 Å². The zero-order chi connectivity index (χ0) is 16.7. The van der Waals surface area contributed by atoms with Crippen molar-refractivity contribution < 1.29 is 9.53 Å². The first-order valence-corrected chi connectivity index (χ1v) is 8.67. The Morgan fingerprint density at radius 1 is 1.30 bits per heavy atom. The summed E-state index contributed by atoms with van der Waals surface area (Å²) in [6.07, 6.45) is 2.19. The second-order valence-electron chi connectivity index (χ2n) is 6.39. The van der Waals surface area contributed by atoms with Crippen LogP contribution in [0.25, 0.3) is 0 Å². The highest BCUT2D eigenvalue weighted by molar-refractivity contribution is 5.85. The Morgan fingerprint density at radius 2 is 2.04 bits per heavy atom. The van der Waals surface area contributed by atoms with Crippen molar-refractivity contribution in [2.45, 2.75) is 25.8 Å². The van der Waals surface area contributed by atoms with Crippen molar-refractivity contribution in [3.63, 3.8) is 0 Å². The molecule has 7 nitrogen and oxygen atoms in total. The highest BCUT2D eigenvalue weighted by Gasteiger charge is 2.30. The van der Waals surface area contributed by atoms with Gasteiger partial charge in [0.25, 0.3) is 0 Å². The summed E-state index contributed by atoms with van der Waals surface area (Å²) in [7, 11) is 3.53. The molecule has 2 heterocycles. The number of morpholine rings is 1. The molecule has 1 N–H and O–H groups in total. The molecule has 0 saturated carbocycles. The van der Waals surface area contributed by atoms with E-state index < -0.39 is 0 Å². The van der Waals surface area contributed by atoms with Gasteiger partial charge in [-0.15, -0.1) is 0 Å². The first kappa shape index (κ1) is 18.0. The maximum absolute atomic E-state index is 11.8. The number of guanidine groups is 1. The van der Waals surface area contributed by atoms with Gasteiger partial charge in [0.2, 0.25) is 5.91 Å². The third-order valence-corrected chi connectivity index (χ3v) is 4.42.